The minimum absolute atomic E-state index is 0.0101. The summed E-state index contributed by atoms with van der Waals surface area (Å²) >= 11 is 0. The van der Waals surface area contributed by atoms with Crippen LogP contribution in [0.3, 0.4) is 0 Å². The Morgan fingerprint density at radius 1 is 1.21 bits per heavy atom. The number of primary amides is 1. The van der Waals surface area contributed by atoms with Gasteiger partial charge in [-0.25, -0.2) is 9.37 Å². The smallest absolute Gasteiger partial charge is 0.252 e. The molecule has 9 heteroatoms. The van der Waals surface area contributed by atoms with Crippen LogP contribution in [0.15, 0.2) is 30.5 Å². The molecule has 6 N–H and O–H groups in total. The van der Waals surface area contributed by atoms with Crippen molar-refractivity contribution in [3.8, 4) is 0 Å². The quantitative estimate of drug-likeness (QED) is 0.484. The third kappa shape index (κ3) is 4.29. The summed E-state index contributed by atoms with van der Waals surface area (Å²) in [5.41, 5.74) is 13.0. The number of anilines is 3. The van der Waals surface area contributed by atoms with Gasteiger partial charge in [-0.2, -0.15) is 5.10 Å². The van der Waals surface area contributed by atoms with E-state index in [1.165, 1.54) is 0 Å². The Kier molecular flexibility index (Phi) is 5.69. The third-order valence-corrected chi connectivity index (χ3v) is 4.84. The zero-order chi connectivity index (χ0) is 21.3. The second kappa shape index (κ2) is 8.04. The topological polar surface area (TPSA) is 124 Å². The maximum atomic E-state index is 14.6. The number of aromatic nitrogens is 3. The minimum atomic E-state index is -0.777. The minimum Gasteiger partial charge on any atom is -0.365 e. The van der Waals surface area contributed by atoms with Gasteiger partial charge in [-0.3, -0.25) is 9.48 Å². The van der Waals surface area contributed by atoms with Crippen molar-refractivity contribution in [1.82, 2.24) is 14.8 Å². The molecule has 0 aliphatic carbocycles. The van der Waals surface area contributed by atoms with E-state index in [9.17, 15) is 9.18 Å². The Morgan fingerprint density at radius 3 is 2.55 bits per heavy atom. The molecule has 0 bridgehead atoms. The highest BCUT2D eigenvalue weighted by Gasteiger charge is 2.22. The van der Waals surface area contributed by atoms with Crippen LogP contribution in [0.25, 0.3) is 10.9 Å². The van der Waals surface area contributed by atoms with Crippen molar-refractivity contribution in [3.05, 3.63) is 41.8 Å². The molecule has 29 heavy (non-hydrogen) atoms. The molecule has 0 saturated heterocycles. The van der Waals surface area contributed by atoms with Crippen LogP contribution in [-0.4, -0.2) is 32.8 Å². The standard InChI is InChI=1S/C20H26FN7O/c1-10(2)17(11(3)22)26-20-15(21)8-14(18(23)29)19(27-20)25-13-5-6-16-12(7-13)9-24-28(16)4/h5-11,17H,22H2,1-4H3,(H2,23,29)(H2,25,26,27)/t11-,17+/m0/s1. The summed E-state index contributed by atoms with van der Waals surface area (Å²) in [6.07, 6.45) is 1.73. The van der Waals surface area contributed by atoms with Gasteiger partial charge in [-0.05, 0) is 37.1 Å². The van der Waals surface area contributed by atoms with E-state index in [2.05, 4.69) is 20.7 Å². The van der Waals surface area contributed by atoms with E-state index >= 15 is 0 Å². The molecule has 1 amide bonds. The second-order valence-electron chi connectivity index (χ2n) is 7.52. The molecular weight excluding hydrogens is 373 g/mol. The third-order valence-electron chi connectivity index (χ3n) is 4.84. The first-order chi connectivity index (χ1) is 13.7. The lowest BCUT2D eigenvalue weighted by Gasteiger charge is -2.27. The van der Waals surface area contributed by atoms with Gasteiger partial charge in [0.15, 0.2) is 11.6 Å². The number of carbonyl (C=O) groups is 1. The molecular formula is C20H26FN7O. The van der Waals surface area contributed by atoms with Gasteiger partial charge in [0, 0.05) is 30.2 Å². The highest BCUT2D eigenvalue weighted by atomic mass is 19.1. The zero-order valence-electron chi connectivity index (χ0n) is 16.9. The number of fused-ring (bicyclic) bond motifs is 1. The second-order valence-corrected chi connectivity index (χ2v) is 7.52. The van der Waals surface area contributed by atoms with Crippen molar-refractivity contribution in [2.24, 2.45) is 24.4 Å². The fraction of sp³-hybridized carbons (Fsp3) is 0.350. The van der Waals surface area contributed by atoms with Crippen LogP contribution in [0, 0.1) is 11.7 Å². The number of amides is 1. The van der Waals surface area contributed by atoms with Crippen LogP contribution in [0.4, 0.5) is 21.7 Å². The van der Waals surface area contributed by atoms with E-state index in [0.29, 0.717) is 5.69 Å². The number of halogens is 1. The average Bonchev–Trinajstić information content (AvgIpc) is 3.01. The molecule has 3 rings (SSSR count). The van der Waals surface area contributed by atoms with E-state index in [1.807, 2.05) is 46.0 Å². The Balaban J connectivity index is 1.99. The number of rotatable bonds is 7. The van der Waals surface area contributed by atoms with Crippen molar-refractivity contribution in [1.29, 1.82) is 0 Å². The van der Waals surface area contributed by atoms with Crippen LogP contribution in [0.1, 0.15) is 31.1 Å². The molecule has 0 aliphatic heterocycles. The maximum Gasteiger partial charge on any atom is 0.252 e. The SMILES string of the molecule is CC(C)[C@@H](Nc1nc(Nc2ccc3c(cnn3C)c2)c(C(N)=O)cc1F)[C@H](C)N. The highest BCUT2D eigenvalue weighted by molar-refractivity contribution is 5.99. The van der Waals surface area contributed by atoms with Gasteiger partial charge in [0.2, 0.25) is 0 Å². The summed E-state index contributed by atoms with van der Waals surface area (Å²) in [6.45, 7) is 5.81. The maximum absolute atomic E-state index is 14.6. The van der Waals surface area contributed by atoms with Crippen LogP contribution in [-0.2, 0) is 7.05 Å². The monoisotopic (exact) mass is 399 g/mol. The zero-order valence-corrected chi connectivity index (χ0v) is 16.9. The Labute approximate surface area is 168 Å². The molecule has 0 saturated carbocycles. The van der Waals surface area contributed by atoms with E-state index in [4.69, 9.17) is 11.5 Å². The van der Waals surface area contributed by atoms with E-state index < -0.39 is 11.7 Å². The lowest BCUT2D eigenvalue weighted by molar-refractivity contribution is 0.100. The van der Waals surface area contributed by atoms with E-state index in [-0.39, 0.29) is 35.2 Å². The predicted molar refractivity (Wildman–Crippen MR) is 113 cm³/mol. The van der Waals surface area contributed by atoms with Gasteiger partial charge in [0.05, 0.1) is 17.3 Å². The molecule has 1 aromatic carbocycles. The average molecular weight is 399 g/mol. The van der Waals surface area contributed by atoms with Gasteiger partial charge in [0.1, 0.15) is 5.82 Å². The number of nitrogens with zero attached hydrogens (tertiary/aromatic N) is 3. The molecule has 3 aromatic rings. The molecule has 0 radical (unpaired) electrons. The molecule has 154 valence electrons. The summed E-state index contributed by atoms with van der Waals surface area (Å²) in [7, 11) is 1.85. The fourth-order valence-electron chi connectivity index (χ4n) is 3.31. The van der Waals surface area contributed by atoms with Crippen molar-refractivity contribution in [3.63, 3.8) is 0 Å². The lowest BCUT2D eigenvalue weighted by atomic mass is 9.98. The first-order valence-electron chi connectivity index (χ1n) is 9.38. The first-order valence-corrected chi connectivity index (χ1v) is 9.38. The van der Waals surface area contributed by atoms with Crippen molar-refractivity contribution in [2.45, 2.75) is 32.9 Å². The summed E-state index contributed by atoms with van der Waals surface area (Å²) in [5, 5.41) is 11.2. The van der Waals surface area contributed by atoms with Gasteiger partial charge in [-0.1, -0.05) is 13.8 Å². The summed E-state index contributed by atoms with van der Waals surface area (Å²) in [4.78, 5) is 16.2. The number of carbonyl (C=O) groups excluding carboxylic acids is 1. The van der Waals surface area contributed by atoms with Crippen LogP contribution in [0.2, 0.25) is 0 Å². The van der Waals surface area contributed by atoms with E-state index in [0.717, 1.165) is 17.0 Å². The molecule has 2 aromatic heterocycles. The number of aryl methyl sites for hydroxylation is 1. The molecule has 2 heterocycles. The summed E-state index contributed by atoms with van der Waals surface area (Å²) in [5.74, 6) is -1.12. The number of hydrogen-bond acceptors (Lipinski definition) is 6. The molecule has 8 nitrogen and oxygen atoms in total. The van der Waals surface area contributed by atoms with Crippen molar-refractivity contribution >= 4 is 34.1 Å². The Morgan fingerprint density at radius 2 is 1.93 bits per heavy atom. The number of nitrogens with two attached hydrogens (primary N) is 2. The number of benzene rings is 1. The molecule has 0 unspecified atom stereocenters. The number of pyridine rings is 1. The van der Waals surface area contributed by atoms with Crippen LogP contribution >= 0.6 is 0 Å². The largest absolute Gasteiger partial charge is 0.365 e. The summed E-state index contributed by atoms with van der Waals surface area (Å²) in [6, 6.07) is 6.24. The van der Waals surface area contributed by atoms with Crippen LogP contribution in [0.5, 0.6) is 0 Å². The van der Waals surface area contributed by atoms with Gasteiger partial charge >= 0.3 is 0 Å². The van der Waals surface area contributed by atoms with Crippen LogP contribution < -0.4 is 22.1 Å². The van der Waals surface area contributed by atoms with Gasteiger partial charge in [-0.15, -0.1) is 0 Å². The Bertz CT molecular complexity index is 1040. The Hall–Kier alpha value is -3.20. The van der Waals surface area contributed by atoms with E-state index in [1.54, 1.807) is 10.9 Å². The fourth-order valence-corrected chi connectivity index (χ4v) is 3.31. The lowest BCUT2D eigenvalue weighted by Crippen LogP contribution is -2.42. The predicted octanol–water partition coefficient (Wildman–Crippen LogP) is 2.73. The molecule has 0 spiro atoms. The van der Waals surface area contributed by atoms with Crippen molar-refractivity contribution in [2.75, 3.05) is 10.6 Å². The van der Waals surface area contributed by atoms with Crippen molar-refractivity contribution < 1.29 is 9.18 Å². The molecule has 2 atom stereocenters. The van der Waals surface area contributed by atoms with Gasteiger partial charge < -0.3 is 22.1 Å². The first kappa shape index (κ1) is 20.5. The summed E-state index contributed by atoms with van der Waals surface area (Å²) < 4.78 is 16.4. The molecule has 0 fully saturated rings. The molecule has 0 aliphatic rings. The highest BCUT2D eigenvalue weighted by Crippen LogP contribution is 2.27. The van der Waals surface area contributed by atoms with Gasteiger partial charge in [0.25, 0.3) is 5.91 Å². The number of hydrogen-bond donors (Lipinski definition) is 4. The number of nitrogens with one attached hydrogen (secondary N) is 2. The normalized spacial score (nSPS) is 13.5.